The van der Waals surface area contributed by atoms with E-state index in [0.717, 1.165) is 55.8 Å². The molecule has 0 saturated heterocycles. The first-order chi connectivity index (χ1) is 30.2. The Balaban J connectivity index is 0.985. The van der Waals surface area contributed by atoms with Gasteiger partial charge in [0.1, 0.15) is 0 Å². The van der Waals surface area contributed by atoms with E-state index in [-0.39, 0.29) is 0 Å². The maximum atomic E-state index is 5.12. The van der Waals surface area contributed by atoms with E-state index in [9.17, 15) is 0 Å². The summed E-state index contributed by atoms with van der Waals surface area (Å²) >= 11 is 0. The highest BCUT2D eigenvalue weighted by molar-refractivity contribution is 6.10. The van der Waals surface area contributed by atoms with Gasteiger partial charge >= 0.3 is 0 Å². The fraction of sp³-hybridized carbons (Fsp3) is 0. The third-order valence-electron chi connectivity index (χ3n) is 11.5. The topological polar surface area (TPSA) is 43.6 Å². The predicted octanol–water partition coefficient (Wildman–Crippen LogP) is 14.6. The number of para-hydroxylation sites is 1. The molecule has 4 heteroatoms. The maximum Gasteiger partial charge on any atom is 0.164 e. The van der Waals surface area contributed by atoms with Crippen molar-refractivity contribution in [2.45, 2.75) is 0 Å². The SMILES string of the molecule is c1ccc(-c2cccc(-c3nc(-c4ccc(-c5ccc6c(c5)c5ccccc5n6-c5cccc(-c6ccccc6)c5)cc4)nc(-c4cccc(-c5ccccc5)c4)n3)c2)cc1. The van der Waals surface area contributed by atoms with Crippen molar-refractivity contribution in [3.8, 4) is 84.4 Å². The predicted molar refractivity (Wildman–Crippen MR) is 252 cm³/mol. The zero-order valence-electron chi connectivity index (χ0n) is 33.2. The van der Waals surface area contributed by atoms with Crippen molar-refractivity contribution in [2.75, 3.05) is 0 Å². The van der Waals surface area contributed by atoms with Crippen molar-refractivity contribution >= 4 is 21.8 Å². The highest BCUT2D eigenvalue weighted by atomic mass is 15.0. The summed E-state index contributed by atoms with van der Waals surface area (Å²) in [7, 11) is 0. The van der Waals surface area contributed by atoms with Crippen LogP contribution in [0.3, 0.4) is 0 Å². The summed E-state index contributed by atoms with van der Waals surface area (Å²) in [5, 5.41) is 2.43. The first-order valence-corrected chi connectivity index (χ1v) is 20.6. The Bertz CT molecular complexity index is 3230. The van der Waals surface area contributed by atoms with Crippen LogP contribution in [0.25, 0.3) is 106 Å². The van der Waals surface area contributed by atoms with Crippen LogP contribution in [0.5, 0.6) is 0 Å². The lowest BCUT2D eigenvalue weighted by Crippen LogP contribution is -2.00. The van der Waals surface area contributed by atoms with Crippen LogP contribution in [-0.2, 0) is 0 Å². The zero-order chi connectivity index (χ0) is 40.5. The lowest BCUT2D eigenvalue weighted by molar-refractivity contribution is 1.07. The summed E-state index contributed by atoms with van der Waals surface area (Å²) in [5.41, 5.74) is 15.4. The molecule has 0 N–H and O–H groups in total. The van der Waals surface area contributed by atoms with Crippen LogP contribution in [0, 0.1) is 0 Å². The minimum atomic E-state index is 0.623. The van der Waals surface area contributed by atoms with E-state index < -0.39 is 0 Å². The fourth-order valence-corrected chi connectivity index (χ4v) is 8.40. The van der Waals surface area contributed by atoms with Gasteiger partial charge in [0.05, 0.1) is 11.0 Å². The number of hydrogen-bond donors (Lipinski definition) is 0. The lowest BCUT2D eigenvalue weighted by Gasteiger charge is -2.11. The second kappa shape index (κ2) is 15.5. The summed E-state index contributed by atoms with van der Waals surface area (Å²) in [5.74, 6) is 1.88. The van der Waals surface area contributed by atoms with E-state index in [2.05, 4.69) is 223 Å². The largest absolute Gasteiger partial charge is 0.309 e. The highest BCUT2D eigenvalue weighted by Crippen LogP contribution is 2.37. The molecule has 0 unspecified atom stereocenters. The van der Waals surface area contributed by atoms with Gasteiger partial charge in [0, 0.05) is 33.2 Å². The van der Waals surface area contributed by atoms with E-state index in [1.807, 2.05) is 12.1 Å². The number of fused-ring (bicyclic) bond motifs is 3. The van der Waals surface area contributed by atoms with Gasteiger partial charge < -0.3 is 4.57 Å². The third kappa shape index (κ3) is 6.96. The van der Waals surface area contributed by atoms with E-state index >= 15 is 0 Å². The number of benzene rings is 9. The third-order valence-corrected chi connectivity index (χ3v) is 11.5. The molecule has 0 fully saturated rings. The van der Waals surface area contributed by atoms with E-state index in [1.54, 1.807) is 0 Å². The van der Waals surface area contributed by atoms with Gasteiger partial charge in [-0.05, 0) is 87.0 Å². The standard InChI is InChI=1S/C57H38N4/c1-4-15-39(16-5-1)44-21-12-24-48(35-44)56-58-55(59-57(60-56)49-25-13-22-45(36-49)40-17-6-2-7-18-40)43-31-29-42(30-32-43)47-33-34-54-52(38-47)51-27-10-11-28-53(51)61(54)50-26-14-23-46(37-50)41-19-8-3-9-20-41/h1-38H. The Labute approximate surface area is 354 Å². The first-order valence-electron chi connectivity index (χ1n) is 20.6. The number of hydrogen-bond acceptors (Lipinski definition) is 3. The minimum absolute atomic E-state index is 0.623. The fourth-order valence-electron chi connectivity index (χ4n) is 8.40. The van der Waals surface area contributed by atoms with Crippen molar-refractivity contribution in [3.63, 3.8) is 0 Å². The van der Waals surface area contributed by atoms with Gasteiger partial charge in [-0.2, -0.15) is 0 Å². The quantitative estimate of drug-likeness (QED) is 0.154. The van der Waals surface area contributed by atoms with Crippen LogP contribution in [0.1, 0.15) is 0 Å². The van der Waals surface area contributed by atoms with Gasteiger partial charge in [-0.15, -0.1) is 0 Å². The van der Waals surface area contributed by atoms with Crippen LogP contribution >= 0.6 is 0 Å². The molecule has 0 amide bonds. The average molecular weight is 779 g/mol. The van der Waals surface area contributed by atoms with Crippen molar-refractivity contribution < 1.29 is 0 Å². The molecule has 286 valence electrons. The lowest BCUT2D eigenvalue weighted by atomic mass is 10.0. The summed E-state index contributed by atoms with van der Waals surface area (Å²) in [4.78, 5) is 15.4. The van der Waals surface area contributed by atoms with Gasteiger partial charge in [0.25, 0.3) is 0 Å². The molecule has 0 radical (unpaired) electrons. The summed E-state index contributed by atoms with van der Waals surface area (Å²) < 4.78 is 2.38. The molecular weight excluding hydrogens is 741 g/mol. The average Bonchev–Trinajstić information content (AvgIpc) is 3.68. The Morgan fingerprint density at radius 3 is 1.18 bits per heavy atom. The Morgan fingerprint density at radius 2 is 0.607 bits per heavy atom. The van der Waals surface area contributed by atoms with Crippen molar-refractivity contribution in [3.05, 3.63) is 231 Å². The number of aromatic nitrogens is 4. The Morgan fingerprint density at radius 1 is 0.230 bits per heavy atom. The van der Waals surface area contributed by atoms with Gasteiger partial charge in [0.15, 0.2) is 17.5 Å². The summed E-state index contributed by atoms with van der Waals surface area (Å²) in [6.07, 6.45) is 0. The van der Waals surface area contributed by atoms with Crippen LogP contribution in [0.2, 0.25) is 0 Å². The van der Waals surface area contributed by atoms with Crippen LogP contribution < -0.4 is 0 Å². The molecule has 4 nitrogen and oxygen atoms in total. The smallest absolute Gasteiger partial charge is 0.164 e. The van der Waals surface area contributed by atoms with Crippen molar-refractivity contribution in [1.29, 1.82) is 0 Å². The molecule has 2 aromatic heterocycles. The molecule has 9 aromatic carbocycles. The molecule has 0 saturated carbocycles. The van der Waals surface area contributed by atoms with E-state index in [0.29, 0.717) is 17.5 Å². The second-order valence-electron chi connectivity index (χ2n) is 15.3. The second-order valence-corrected chi connectivity index (χ2v) is 15.3. The Hall–Kier alpha value is -8.21. The van der Waals surface area contributed by atoms with E-state index in [1.165, 1.54) is 32.9 Å². The maximum absolute atomic E-state index is 5.12. The summed E-state index contributed by atoms with van der Waals surface area (Å²) in [6.45, 7) is 0. The molecule has 0 aliphatic carbocycles. The number of nitrogens with zero attached hydrogens (tertiary/aromatic N) is 4. The Kier molecular flexibility index (Phi) is 9.14. The molecule has 0 aliphatic rings. The van der Waals surface area contributed by atoms with Crippen LogP contribution in [0.4, 0.5) is 0 Å². The minimum Gasteiger partial charge on any atom is -0.309 e. The molecule has 0 atom stereocenters. The van der Waals surface area contributed by atoms with Crippen molar-refractivity contribution in [1.82, 2.24) is 19.5 Å². The van der Waals surface area contributed by atoms with Gasteiger partial charge in [0.2, 0.25) is 0 Å². The van der Waals surface area contributed by atoms with Gasteiger partial charge in [-0.3, -0.25) is 0 Å². The number of rotatable bonds is 8. The molecule has 11 rings (SSSR count). The normalized spacial score (nSPS) is 11.3. The van der Waals surface area contributed by atoms with Crippen molar-refractivity contribution in [2.24, 2.45) is 0 Å². The monoisotopic (exact) mass is 778 g/mol. The first kappa shape index (κ1) is 35.9. The van der Waals surface area contributed by atoms with Gasteiger partial charge in [-0.1, -0.05) is 188 Å². The molecule has 0 spiro atoms. The summed E-state index contributed by atoms with van der Waals surface area (Å²) in [6, 6.07) is 81.2. The van der Waals surface area contributed by atoms with Crippen LogP contribution in [0.15, 0.2) is 231 Å². The molecule has 61 heavy (non-hydrogen) atoms. The van der Waals surface area contributed by atoms with Gasteiger partial charge in [-0.25, -0.2) is 15.0 Å². The molecule has 0 bridgehead atoms. The molecule has 0 aliphatic heterocycles. The van der Waals surface area contributed by atoms with Crippen LogP contribution in [-0.4, -0.2) is 19.5 Å². The highest BCUT2D eigenvalue weighted by Gasteiger charge is 2.16. The molecule has 2 heterocycles. The van der Waals surface area contributed by atoms with E-state index in [4.69, 9.17) is 15.0 Å². The molecular formula is C57H38N4. The zero-order valence-corrected chi connectivity index (χ0v) is 33.2. The molecule has 11 aromatic rings.